The molecule has 1 heteroatoms. The lowest BCUT2D eigenvalue weighted by atomic mass is 10.2. The first kappa shape index (κ1) is 4.13. The highest BCUT2D eigenvalue weighted by atomic mass is 16.6. The second kappa shape index (κ2) is 0.784. The second-order valence-corrected chi connectivity index (χ2v) is 2.17. The minimum atomic E-state index is 0.125. The Bertz CT molecular complexity index is 66.3. The van der Waals surface area contributed by atoms with Crippen molar-refractivity contribution in [1.82, 2.24) is 0 Å². The molecule has 0 N–H and O–H groups in total. The van der Waals surface area contributed by atoms with Crippen LogP contribution in [0.2, 0.25) is 0 Å². The molecule has 0 atom stereocenters. The van der Waals surface area contributed by atoms with E-state index in [9.17, 15) is 0 Å². The Morgan fingerprint density at radius 3 is 1.67 bits per heavy atom. The van der Waals surface area contributed by atoms with Gasteiger partial charge in [0.2, 0.25) is 0 Å². The first-order chi connectivity index (χ1) is 2.63. The third-order valence-electron chi connectivity index (χ3n) is 1.21. The Kier molecular flexibility index (Phi) is 0.539. The Balaban J connectivity index is 2.41. The van der Waals surface area contributed by atoms with E-state index in [1.807, 2.05) is 6.92 Å². The van der Waals surface area contributed by atoms with Crippen LogP contribution < -0.4 is 0 Å². The maximum atomic E-state index is 5.02. The molecule has 1 aliphatic rings. The van der Waals surface area contributed by atoms with Crippen LogP contribution in [0.1, 0.15) is 20.8 Å². The number of hydrogen-bond donors (Lipinski definition) is 0. The van der Waals surface area contributed by atoms with Crippen molar-refractivity contribution in [2.45, 2.75) is 26.4 Å². The SMILES string of the molecule is C[C-]1OC1(C)C. The molecule has 1 heterocycles. The van der Waals surface area contributed by atoms with Gasteiger partial charge in [0.1, 0.15) is 0 Å². The Morgan fingerprint density at radius 1 is 1.50 bits per heavy atom. The van der Waals surface area contributed by atoms with Crippen molar-refractivity contribution in [2.75, 3.05) is 0 Å². The van der Waals surface area contributed by atoms with Gasteiger partial charge in [0.25, 0.3) is 0 Å². The minimum Gasteiger partial charge on any atom is -0.564 e. The van der Waals surface area contributed by atoms with Crippen LogP contribution in [0, 0.1) is 6.10 Å². The average Bonchev–Trinajstić information content (AvgIpc) is 1.73. The predicted molar refractivity (Wildman–Crippen MR) is 24.1 cm³/mol. The molecule has 0 aromatic carbocycles. The van der Waals surface area contributed by atoms with Crippen LogP contribution in [0.25, 0.3) is 0 Å². The second-order valence-electron chi connectivity index (χ2n) is 2.17. The van der Waals surface area contributed by atoms with E-state index in [-0.39, 0.29) is 5.60 Å². The summed E-state index contributed by atoms with van der Waals surface area (Å²) in [4.78, 5) is 0. The molecule has 6 heavy (non-hydrogen) atoms. The lowest BCUT2D eigenvalue weighted by molar-refractivity contribution is 0.344. The van der Waals surface area contributed by atoms with Gasteiger partial charge >= 0.3 is 0 Å². The molecule has 1 fully saturated rings. The van der Waals surface area contributed by atoms with Gasteiger partial charge in [-0.1, -0.05) is 19.4 Å². The van der Waals surface area contributed by atoms with E-state index in [1.54, 1.807) is 0 Å². The zero-order valence-electron chi connectivity index (χ0n) is 4.41. The summed E-state index contributed by atoms with van der Waals surface area (Å²) >= 11 is 0. The van der Waals surface area contributed by atoms with Crippen molar-refractivity contribution >= 4 is 0 Å². The largest absolute Gasteiger partial charge is 0.564 e. The molecular formula is C5H9O-. The fourth-order valence-corrected chi connectivity index (χ4v) is 0.357. The normalized spacial score (nSPS) is 30.5. The molecule has 1 saturated heterocycles. The third kappa shape index (κ3) is 0.432. The summed E-state index contributed by atoms with van der Waals surface area (Å²) in [5.41, 5.74) is 0.125. The van der Waals surface area contributed by atoms with E-state index >= 15 is 0 Å². The van der Waals surface area contributed by atoms with Crippen molar-refractivity contribution in [3.63, 3.8) is 0 Å². The highest BCUT2D eigenvalue weighted by Gasteiger charge is 2.25. The number of rotatable bonds is 0. The van der Waals surface area contributed by atoms with Gasteiger partial charge in [0.05, 0.1) is 0 Å². The summed E-state index contributed by atoms with van der Waals surface area (Å²) in [7, 11) is 0. The first-order valence-electron chi connectivity index (χ1n) is 2.16. The summed E-state index contributed by atoms with van der Waals surface area (Å²) in [5, 5.41) is 0. The van der Waals surface area contributed by atoms with Crippen molar-refractivity contribution in [1.29, 1.82) is 0 Å². The van der Waals surface area contributed by atoms with E-state index in [1.165, 1.54) is 0 Å². The number of ether oxygens (including phenoxy) is 1. The first-order valence-corrected chi connectivity index (χ1v) is 2.16. The molecule has 0 radical (unpaired) electrons. The molecule has 0 unspecified atom stereocenters. The van der Waals surface area contributed by atoms with Gasteiger partial charge in [-0.15, -0.1) is 0 Å². The van der Waals surface area contributed by atoms with Crippen LogP contribution in [-0.2, 0) is 4.74 Å². The summed E-state index contributed by atoms with van der Waals surface area (Å²) in [6.45, 7) is 6.12. The van der Waals surface area contributed by atoms with Crippen LogP contribution in [0.4, 0.5) is 0 Å². The molecule has 0 aromatic rings. The molecule has 1 nitrogen and oxygen atoms in total. The molecule has 0 amide bonds. The van der Waals surface area contributed by atoms with Gasteiger partial charge in [0.15, 0.2) is 0 Å². The molecule has 36 valence electrons. The number of hydrogen-bond acceptors (Lipinski definition) is 1. The van der Waals surface area contributed by atoms with Crippen LogP contribution in [0.15, 0.2) is 0 Å². The summed E-state index contributed by atoms with van der Waals surface area (Å²) < 4.78 is 5.02. The number of epoxide rings is 1. The Hall–Kier alpha value is -0.0400. The highest BCUT2D eigenvalue weighted by molar-refractivity contribution is 5.08. The smallest absolute Gasteiger partial charge is 0.0659 e. The van der Waals surface area contributed by atoms with Crippen LogP contribution in [0.5, 0.6) is 0 Å². The maximum absolute atomic E-state index is 5.02. The third-order valence-corrected chi connectivity index (χ3v) is 1.21. The summed E-state index contributed by atoms with van der Waals surface area (Å²) in [5.74, 6) is 0. The standard InChI is InChI=1S/C5H9O/c1-4-5(2,3)6-4/h1-3H3/q-1. The topological polar surface area (TPSA) is 12.5 Å². The monoisotopic (exact) mass is 85.1 g/mol. The maximum Gasteiger partial charge on any atom is -0.0659 e. The highest BCUT2D eigenvalue weighted by Crippen LogP contribution is 2.41. The van der Waals surface area contributed by atoms with E-state index in [2.05, 4.69) is 13.8 Å². The van der Waals surface area contributed by atoms with E-state index in [4.69, 9.17) is 4.74 Å². The zero-order chi connectivity index (χ0) is 4.78. The lowest BCUT2D eigenvalue weighted by Gasteiger charge is -1.98. The van der Waals surface area contributed by atoms with Crippen LogP contribution in [-0.4, -0.2) is 5.60 Å². The van der Waals surface area contributed by atoms with Gasteiger partial charge in [-0.3, -0.25) is 0 Å². The lowest BCUT2D eigenvalue weighted by Crippen LogP contribution is -1.92. The van der Waals surface area contributed by atoms with Crippen molar-refractivity contribution in [3.8, 4) is 0 Å². The Labute approximate surface area is 38.3 Å². The average molecular weight is 85.1 g/mol. The summed E-state index contributed by atoms with van der Waals surface area (Å²) in [6.07, 6.45) is 1.16. The van der Waals surface area contributed by atoms with Gasteiger partial charge < -0.3 is 4.74 Å². The molecule has 0 aromatic heterocycles. The van der Waals surface area contributed by atoms with Gasteiger partial charge in [-0.05, 0) is 0 Å². The predicted octanol–water partition coefficient (Wildman–Crippen LogP) is 1.35. The zero-order valence-corrected chi connectivity index (χ0v) is 4.41. The fourth-order valence-electron chi connectivity index (χ4n) is 0.357. The van der Waals surface area contributed by atoms with Crippen molar-refractivity contribution in [3.05, 3.63) is 6.10 Å². The van der Waals surface area contributed by atoms with E-state index in [0.717, 1.165) is 6.10 Å². The van der Waals surface area contributed by atoms with Gasteiger partial charge in [-0.2, -0.15) is 13.0 Å². The van der Waals surface area contributed by atoms with Gasteiger partial charge in [0, 0.05) is 0 Å². The Morgan fingerprint density at radius 2 is 1.67 bits per heavy atom. The van der Waals surface area contributed by atoms with Crippen LogP contribution >= 0.6 is 0 Å². The van der Waals surface area contributed by atoms with Crippen LogP contribution in [0.3, 0.4) is 0 Å². The minimum absolute atomic E-state index is 0.125. The fraction of sp³-hybridized carbons (Fsp3) is 0.800. The molecular weight excluding hydrogens is 76.1 g/mol. The van der Waals surface area contributed by atoms with E-state index < -0.39 is 0 Å². The van der Waals surface area contributed by atoms with Crippen molar-refractivity contribution < 1.29 is 4.74 Å². The van der Waals surface area contributed by atoms with E-state index in [0.29, 0.717) is 0 Å². The molecule has 1 aliphatic heterocycles. The molecule has 1 rings (SSSR count). The van der Waals surface area contributed by atoms with Gasteiger partial charge in [-0.25, -0.2) is 0 Å². The summed E-state index contributed by atoms with van der Waals surface area (Å²) in [6, 6.07) is 0. The molecule has 0 aliphatic carbocycles. The molecule has 0 spiro atoms. The van der Waals surface area contributed by atoms with Crippen molar-refractivity contribution in [2.24, 2.45) is 0 Å². The molecule has 0 saturated carbocycles. The molecule has 0 bridgehead atoms. The quantitative estimate of drug-likeness (QED) is 0.319.